The van der Waals surface area contributed by atoms with Gasteiger partial charge in [-0.2, -0.15) is 0 Å². The fourth-order valence-corrected chi connectivity index (χ4v) is 3.41. The molecule has 100 valence electrons. The van der Waals surface area contributed by atoms with E-state index in [9.17, 15) is 0 Å². The molecule has 0 atom stereocenters. The summed E-state index contributed by atoms with van der Waals surface area (Å²) in [5.41, 5.74) is 2.46. The van der Waals surface area contributed by atoms with E-state index >= 15 is 0 Å². The summed E-state index contributed by atoms with van der Waals surface area (Å²) < 4.78 is 1.11. The first-order valence-electron chi connectivity index (χ1n) is 6.74. The SMILES string of the molecule is CCc1nc(-c2ccc(Br)cc2)sc1CNC1CC1. The summed E-state index contributed by atoms with van der Waals surface area (Å²) in [4.78, 5) is 6.19. The summed E-state index contributed by atoms with van der Waals surface area (Å²) in [6.45, 7) is 3.16. The topological polar surface area (TPSA) is 24.9 Å². The highest BCUT2D eigenvalue weighted by molar-refractivity contribution is 9.10. The fourth-order valence-electron chi connectivity index (χ4n) is 2.04. The van der Waals surface area contributed by atoms with Crippen LogP contribution in [0.2, 0.25) is 0 Å². The molecule has 19 heavy (non-hydrogen) atoms. The number of thiazole rings is 1. The second kappa shape index (κ2) is 5.73. The summed E-state index contributed by atoms with van der Waals surface area (Å²) >= 11 is 5.30. The van der Waals surface area contributed by atoms with Crippen molar-refractivity contribution in [1.82, 2.24) is 10.3 Å². The Morgan fingerprint density at radius 1 is 1.32 bits per heavy atom. The predicted octanol–water partition coefficient (Wildman–Crippen LogP) is 4.39. The third-order valence-corrected chi connectivity index (χ3v) is 5.01. The number of hydrogen-bond acceptors (Lipinski definition) is 3. The minimum absolute atomic E-state index is 0.753. The van der Waals surface area contributed by atoms with Crippen LogP contribution in [0.5, 0.6) is 0 Å². The molecule has 0 radical (unpaired) electrons. The van der Waals surface area contributed by atoms with Crippen molar-refractivity contribution in [3.05, 3.63) is 39.3 Å². The van der Waals surface area contributed by atoms with E-state index in [4.69, 9.17) is 4.98 Å². The molecule has 1 N–H and O–H groups in total. The zero-order chi connectivity index (χ0) is 13.2. The Bertz CT molecular complexity index is 558. The number of halogens is 1. The van der Waals surface area contributed by atoms with E-state index in [2.05, 4.69) is 52.4 Å². The van der Waals surface area contributed by atoms with Crippen LogP contribution >= 0.6 is 27.3 Å². The summed E-state index contributed by atoms with van der Waals surface area (Å²) in [6, 6.07) is 9.15. The zero-order valence-electron chi connectivity index (χ0n) is 10.9. The highest BCUT2D eigenvalue weighted by Crippen LogP contribution is 2.30. The molecule has 4 heteroatoms. The van der Waals surface area contributed by atoms with Crippen molar-refractivity contribution in [2.24, 2.45) is 0 Å². The van der Waals surface area contributed by atoms with Crippen molar-refractivity contribution in [3.63, 3.8) is 0 Å². The van der Waals surface area contributed by atoms with Gasteiger partial charge in [-0.1, -0.05) is 35.0 Å². The van der Waals surface area contributed by atoms with Gasteiger partial charge in [-0.3, -0.25) is 0 Å². The van der Waals surface area contributed by atoms with Crippen molar-refractivity contribution < 1.29 is 0 Å². The van der Waals surface area contributed by atoms with E-state index in [1.165, 1.54) is 29.0 Å². The van der Waals surface area contributed by atoms with Crippen molar-refractivity contribution >= 4 is 27.3 Å². The molecule has 2 aromatic rings. The molecule has 0 spiro atoms. The Balaban J connectivity index is 1.82. The van der Waals surface area contributed by atoms with E-state index in [-0.39, 0.29) is 0 Å². The van der Waals surface area contributed by atoms with Crippen molar-refractivity contribution in [2.75, 3.05) is 0 Å². The zero-order valence-corrected chi connectivity index (χ0v) is 13.4. The Labute approximate surface area is 126 Å². The molecule has 1 aromatic carbocycles. The van der Waals surface area contributed by atoms with Crippen LogP contribution in [0, 0.1) is 0 Å². The number of nitrogens with one attached hydrogen (secondary N) is 1. The van der Waals surface area contributed by atoms with Gasteiger partial charge in [-0.15, -0.1) is 11.3 Å². The molecule has 0 unspecified atom stereocenters. The van der Waals surface area contributed by atoms with Gasteiger partial charge in [-0.05, 0) is 31.4 Å². The van der Waals surface area contributed by atoms with Gasteiger partial charge in [0.15, 0.2) is 0 Å². The monoisotopic (exact) mass is 336 g/mol. The second-order valence-corrected chi connectivity index (χ2v) is 6.90. The molecule has 1 saturated carbocycles. The van der Waals surface area contributed by atoms with E-state index in [0.717, 1.165) is 28.5 Å². The largest absolute Gasteiger partial charge is 0.309 e. The number of hydrogen-bond donors (Lipinski definition) is 1. The maximum Gasteiger partial charge on any atom is 0.123 e. The Morgan fingerprint density at radius 2 is 2.05 bits per heavy atom. The van der Waals surface area contributed by atoms with E-state index in [1.54, 1.807) is 0 Å². The van der Waals surface area contributed by atoms with Crippen LogP contribution in [0.1, 0.15) is 30.3 Å². The average molecular weight is 337 g/mol. The lowest BCUT2D eigenvalue weighted by atomic mass is 10.2. The van der Waals surface area contributed by atoms with Gasteiger partial charge >= 0.3 is 0 Å². The molecule has 0 aliphatic heterocycles. The summed E-state index contributed by atoms with van der Waals surface area (Å²) in [5.74, 6) is 0. The first-order chi connectivity index (χ1) is 9.26. The van der Waals surface area contributed by atoms with Crippen molar-refractivity contribution in [3.8, 4) is 10.6 Å². The summed E-state index contributed by atoms with van der Waals surface area (Å²) in [6.07, 6.45) is 3.67. The Morgan fingerprint density at radius 3 is 2.68 bits per heavy atom. The van der Waals surface area contributed by atoms with Gasteiger partial charge in [0.2, 0.25) is 0 Å². The molecular formula is C15H17BrN2S. The average Bonchev–Trinajstić information content (AvgIpc) is 3.16. The van der Waals surface area contributed by atoms with Crippen LogP contribution in [0.4, 0.5) is 0 Å². The number of nitrogens with zero attached hydrogens (tertiary/aromatic N) is 1. The lowest BCUT2D eigenvalue weighted by molar-refractivity contribution is 0.689. The molecule has 2 nitrogen and oxygen atoms in total. The van der Waals surface area contributed by atoms with Crippen LogP contribution in [-0.2, 0) is 13.0 Å². The molecule has 1 aromatic heterocycles. The maximum absolute atomic E-state index is 4.79. The second-order valence-electron chi connectivity index (χ2n) is 4.90. The minimum atomic E-state index is 0.753. The molecule has 0 saturated heterocycles. The highest BCUT2D eigenvalue weighted by atomic mass is 79.9. The first-order valence-corrected chi connectivity index (χ1v) is 8.35. The third-order valence-electron chi connectivity index (χ3n) is 3.33. The van der Waals surface area contributed by atoms with Crippen LogP contribution in [-0.4, -0.2) is 11.0 Å². The van der Waals surface area contributed by atoms with Gasteiger partial charge < -0.3 is 5.32 Å². The van der Waals surface area contributed by atoms with Gasteiger partial charge in [-0.25, -0.2) is 4.98 Å². The quantitative estimate of drug-likeness (QED) is 0.875. The number of aromatic nitrogens is 1. The third kappa shape index (κ3) is 3.25. The van der Waals surface area contributed by atoms with Crippen molar-refractivity contribution in [2.45, 2.75) is 38.8 Å². The normalized spacial score (nSPS) is 14.8. The van der Waals surface area contributed by atoms with Crippen LogP contribution in [0.25, 0.3) is 10.6 Å². The lowest BCUT2D eigenvalue weighted by Gasteiger charge is -2.00. The van der Waals surface area contributed by atoms with Crippen LogP contribution in [0.15, 0.2) is 28.7 Å². The van der Waals surface area contributed by atoms with E-state index < -0.39 is 0 Å². The van der Waals surface area contributed by atoms with Crippen molar-refractivity contribution in [1.29, 1.82) is 0 Å². The van der Waals surface area contributed by atoms with Gasteiger partial charge in [0.05, 0.1) is 5.69 Å². The number of benzene rings is 1. The molecule has 0 amide bonds. The fraction of sp³-hybridized carbons (Fsp3) is 0.400. The minimum Gasteiger partial charge on any atom is -0.309 e. The first kappa shape index (κ1) is 13.3. The molecule has 3 rings (SSSR count). The molecule has 1 aliphatic carbocycles. The number of rotatable bonds is 5. The smallest absolute Gasteiger partial charge is 0.123 e. The lowest BCUT2D eigenvalue weighted by Crippen LogP contribution is -2.15. The summed E-state index contributed by atoms with van der Waals surface area (Å²) in [7, 11) is 0. The molecular weight excluding hydrogens is 320 g/mol. The van der Waals surface area contributed by atoms with Crippen LogP contribution in [0.3, 0.4) is 0 Å². The van der Waals surface area contributed by atoms with E-state index in [0.29, 0.717) is 0 Å². The van der Waals surface area contributed by atoms with Gasteiger partial charge in [0, 0.05) is 27.5 Å². The standard InChI is InChI=1S/C15H17BrN2S/c1-2-13-14(9-17-12-7-8-12)19-15(18-13)10-3-5-11(16)6-4-10/h3-6,12,17H,2,7-9H2,1H3. The predicted molar refractivity (Wildman–Crippen MR) is 84.5 cm³/mol. The Hall–Kier alpha value is -0.710. The molecule has 1 heterocycles. The molecule has 0 bridgehead atoms. The maximum atomic E-state index is 4.79. The Kier molecular flexibility index (Phi) is 4.01. The molecule has 1 fully saturated rings. The highest BCUT2D eigenvalue weighted by Gasteiger charge is 2.21. The van der Waals surface area contributed by atoms with Crippen LogP contribution < -0.4 is 5.32 Å². The number of aryl methyl sites for hydroxylation is 1. The van der Waals surface area contributed by atoms with E-state index in [1.807, 2.05) is 11.3 Å². The van der Waals surface area contributed by atoms with Gasteiger partial charge in [0.1, 0.15) is 5.01 Å². The summed E-state index contributed by atoms with van der Waals surface area (Å²) in [5, 5.41) is 4.72. The molecule has 1 aliphatic rings. The van der Waals surface area contributed by atoms with Gasteiger partial charge in [0.25, 0.3) is 0 Å².